The van der Waals surface area contributed by atoms with Gasteiger partial charge in [-0.25, -0.2) is 9.97 Å². The van der Waals surface area contributed by atoms with Gasteiger partial charge in [-0.3, -0.25) is 0 Å². The van der Waals surface area contributed by atoms with Gasteiger partial charge in [0.25, 0.3) is 0 Å². The number of aryl methyl sites for hydroxylation is 3. The molecule has 0 fully saturated rings. The monoisotopic (exact) mass is 280 g/mol. The first-order chi connectivity index (χ1) is 10.2. The zero-order valence-electron chi connectivity index (χ0n) is 12.7. The topological polar surface area (TPSA) is 42.7 Å². The summed E-state index contributed by atoms with van der Waals surface area (Å²) in [4.78, 5) is 8.53. The van der Waals surface area contributed by atoms with E-state index in [4.69, 9.17) is 0 Å². The Morgan fingerprint density at radius 3 is 2.67 bits per heavy atom. The Morgan fingerprint density at radius 1 is 1.10 bits per heavy atom. The molecule has 0 saturated heterocycles. The molecule has 0 radical (unpaired) electrons. The van der Waals surface area contributed by atoms with Crippen LogP contribution in [0.15, 0.2) is 36.5 Å². The molecule has 0 amide bonds. The highest BCUT2D eigenvalue weighted by molar-refractivity contribution is 5.85. The predicted octanol–water partition coefficient (Wildman–Crippen LogP) is 2.87. The molecule has 2 aromatic heterocycles. The third kappa shape index (κ3) is 2.67. The zero-order valence-corrected chi connectivity index (χ0v) is 12.7. The summed E-state index contributed by atoms with van der Waals surface area (Å²) in [5, 5.41) is 4.81. The molecule has 0 aliphatic rings. The Labute approximate surface area is 124 Å². The molecule has 0 spiro atoms. The highest BCUT2D eigenvalue weighted by atomic mass is 15.0. The molecule has 0 saturated carbocycles. The van der Waals surface area contributed by atoms with E-state index in [1.165, 1.54) is 22.2 Å². The van der Waals surface area contributed by atoms with E-state index in [2.05, 4.69) is 58.1 Å². The minimum absolute atomic E-state index is 0.754. The lowest BCUT2D eigenvalue weighted by Crippen LogP contribution is -2.16. The van der Waals surface area contributed by atoms with Gasteiger partial charge in [-0.05, 0) is 31.5 Å². The van der Waals surface area contributed by atoms with Crippen molar-refractivity contribution in [3.05, 3.63) is 59.3 Å². The molecule has 0 aliphatic heterocycles. The average molecular weight is 280 g/mol. The second-order valence-corrected chi connectivity index (χ2v) is 5.35. The van der Waals surface area contributed by atoms with Crippen LogP contribution in [0, 0.1) is 13.8 Å². The van der Waals surface area contributed by atoms with Gasteiger partial charge in [0.15, 0.2) is 0 Å². The standard InChI is InChI=1S/C17H20N4/c1-12-15-6-4-5-7-16(15)21(3)17(12)11-18-10-14-8-9-19-13(2)20-14/h4-9,18H,10-11H2,1-3H3. The van der Waals surface area contributed by atoms with Gasteiger partial charge in [0.2, 0.25) is 0 Å². The van der Waals surface area contributed by atoms with E-state index in [0.717, 1.165) is 24.6 Å². The van der Waals surface area contributed by atoms with Crippen molar-refractivity contribution in [2.24, 2.45) is 7.05 Å². The van der Waals surface area contributed by atoms with Crippen molar-refractivity contribution in [2.45, 2.75) is 26.9 Å². The van der Waals surface area contributed by atoms with Crippen LogP contribution in [-0.2, 0) is 20.1 Å². The van der Waals surface area contributed by atoms with Crippen LogP contribution < -0.4 is 5.32 Å². The van der Waals surface area contributed by atoms with E-state index in [1.54, 1.807) is 6.20 Å². The summed E-state index contributed by atoms with van der Waals surface area (Å²) in [5.74, 6) is 0.815. The van der Waals surface area contributed by atoms with Gasteiger partial charge in [0.05, 0.1) is 5.69 Å². The summed E-state index contributed by atoms with van der Waals surface area (Å²) in [6.07, 6.45) is 1.81. The van der Waals surface area contributed by atoms with Gasteiger partial charge in [0, 0.05) is 42.9 Å². The van der Waals surface area contributed by atoms with Gasteiger partial charge >= 0.3 is 0 Å². The molecule has 4 nitrogen and oxygen atoms in total. The van der Waals surface area contributed by atoms with Crippen LogP contribution in [0.4, 0.5) is 0 Å². The van der Waals surface area contributed by atoms with Gasteiger partial charge in [0.1, 0.15) is 5.82 Å². The summed E-state index contributed by atoms with van der Waals surface area (Å²) in [7, 11) is 2.13. The molecule has 0 aliphatic carbocycles. The van der Waals surface area contributed by atoms with Crippen molar-refractivity contribution in [3.8, 4) is 0 Å². The first-order valence-electron chi connectivity index (χ1n) is 7.19. The summed E-state index contributed by atoms with van der Waals surface area (Å²) >= 11 is 0. The first-order valence-corrected chi connectivity index (χ1v) is 7.19. The normalized spacial score (nSPS) is 11.2. The minimum Gasteiger partial charge on any atom is -0.346 e. The van der Waals surface area contributed by atoms with Crippen molar-refractivity contribution < 1.29 is 0 Å². The molecular formula is C17H20N4. The fraction of sp³-hybridized carbons (Fsp3) is 0.294. The molecule has 1 N–H and O–H groups in total. The third-order valence-corrected chi connectivity index (χ3v) is 3.94. The van der Waals surface area contributed by atoms with Crippen molar-refractivity contribution in [1.29, 1.82) is 0 Å². The number of benzene rings is 1. The fourth-order valence-electron chi connectivity index (χ4n) is 2.80. The fourth-order valence-corrected chi connectivity index (χ4v) is 2.80. The molecule has 4 heteroatoms. The number of hydrogen-bond donors (Lipinski definition) is 1. The number of nitrogens with zero attached hydrogens (tertiary/aromatic N) is 3. The minimum atomic E-state index is 0.754. The van der Waals surface area contributed by atoms with E-state index < -0.39 is 0 Å². The summed E-state index contributed by atoms with van der Waals surface area (Å²) in [6, 6.07) is 10.5. The summed E-state index contributed by atoms with van der Waals surface area (Å²) < 4.78 is 2.27. The average Bonchev–Trinajstić information content (AvgIpc) is 2.73. The predicted molar refractivity (Wildman–Crippen MR) is 85.0 cm³/mol. The first kappa shape index (κ1) is 13.8. The zero-order chi connectivity index (χ0) is 14.8. The van der Waals surface area contributed by atoms with Crippen LogP contribution in [0.1, 0.15) is 22.8 Å². The Morgan fingerprint density at radius 2 is 1.90 bits per heavy atom. The highest BCUT2D eigenvalue weighted by Gasteiger charge is 2.10. The number of rotatable bonds is 4. The van der Waals surface area contributed by atoms with Crippen LogP contribution in [0.25, 0.3) is 10.9 Å². The molecule has 21 heavy (non-hydrogen) atoms. The van der Waals surface area contributed by atoms with Crippen molar-refractivity contribution in [2.75, 3.05) is 0 Å². The molecular weight excluding hydrogens is 260 g/mol. The van der Waals surface area contributed by atoms with Gasteiger partial charge < -0.3 is 9.88 Å². The van der Waals surface area contributed by atoms with Gasteiger partial charge in [-0.2, -0.15) is 0 Å². The SMILES string of the molecule is Cc1nccc(CNCc2c(C)c3ccccc3n2C)n1. The quantitative estimate of drug-likeness (QED) is 0.799. The Balaban J connectivity index is 1.76. The molecule has 0 bridgehead atoms. The van der Waals surface area contributed by atoms with E-state index >= 15 is 0 Å². The van der Waals surface area contributed by atoms with Crippen molar-refractivity contribution >= 4 is 10.9 Å². The Bertz CT molecular complexity index is 735. The molecule has 3 aromatic rings. The lowest BCUT2D eigenvalue weighted by atomic mass is 10.1. The number of para-hydroxylation sites is 1. The Kier molecular flexibility index (Phi) is 3.71. The van der Waals surface area contributed by atoms with Crippen molar-refractivity contribution in [3.63, 3.8) is 0 Å². The smallest absolute Gasteiger partial charge is 0.125 e. The maximum absolute atomic E-state index is 4.41. The third-order valence-electron chi connectivity index (χ3n) is 3.94. The number of hydrogen-bond acceptors (Lipinski definition) is 3. The summed E-state index contributed by atoms with van der Waals surface area (Å²) in [6.45, 7) is 5.69. The molecule has 2 heterocycles. The molecule has 0 atom stereocenters. The number of nitrogens with one attached hydrogen (secondary N) is 1. The van der Waals surface area contributed by atoms with E-state index in [-0.39, 0.29) is 0 Å². The van der Waals surface area contributed by atoms with Crippen LogP contribution in [0.5, 0.6) is 0 Å². The maximum Gasteiger partial charge on any atom is 0.125 e. The lowest BCUT2D eigenvalue weighted by molar-refractivity contribution is 0.644. The van der Waals surface area contributed by atoms with E-state index in [1.807, 2.05) is 13.0 Å². The van der Waals surface area contributed by atoms with Crippen LogP contribution in [0.3, 0.4) is 0 Å². The second-order valence-electron chi connectivity index (χ2n) is 5.35. The van der Waals surface area contributed by atoms with Crippen LogP contribution in [-0.4, -0.2) is 14.5 Å². The molecule has 0 unspecified atom stereocenters. The van der Waals surface area contributed by atoms with Crippen molar-refractivity contribution in [1.82, 2.24) is 19.9 Å². The van der Waals surface area contributed by atoms with Crippen LogP contribution >= 0.6 is 0 Å². The molecule has 3 rings (SSSR count). The van der Waals surface area contributed by atoms with E-state index in [9.17, 15) is 0 Å². The van der Waals surface area contributed by atoms with E-state index in [0.29, 0.717) is 0 Å². The number of fused-ring (bicyclic) bond motifs is 1. The highest BCUT2D eigenvalue weighted by Crippen LogP contribution is 2.24. The van der Waals surface area contributed by atoms with Gasteiger partial charge in [-0.1, -0.05) is 18.2 Å². The Hall–Kier alpha value is -2.20. The second kappa shape index (κ2) is 5.66. The summed E-state index contributed by atoms with van der Waals surface area (Å²) in [5.41, 5.74) is 4.98. The molecule has 108 valence electrons. The molecule has 1 aromatic carbocycles. The number of aromatic nitrogens is 3. The largest absolute Gasteiger partial charge is 0.346 e. The maximum atomic E-state index is 4.41. The van der Waals surface area contributed by atoms with Crippen LogP contribution in [0.2, 0.25) is 0 Å². The lowest BCUT2D eigenvalue weighted by Gasteiger charge is -2.08. The van der Waals surface area contributed by atoms with Gasteiger partial charge in [-0.15, -0.1) is 0 Å².